The van der Waals surface area contributed by atoms with Crippen LogP contribution in [0.2, 0.25) is 10.0 Å². The van der Waals surface area contributed by atoms with Gasteiger partial charge in [0, 0.05) is 35.4 Å². The maximum absolute atomic E-state index is 12.1. The minimum absolute atomic E-state index is 0.112. The lowest BCUT2D eigenvalue weighted by Crippen LogP contribution is -2.11. The highest BCUT2D eigenvalue weighted by Gasteiger charge is 2.10. The maximum atomic E-state index is 12.1. The Morgan fingerprint density at radius 1 is 1.14 bits per heavy atom. The van der Waals surface area contributed by atoms with Gasteiger partial charge >= 0.3 is 5.97 Å². The molecule has 0 aromatic heterocycles. The Hall–Kier alpha value is -1.71. The molecule has 0 saturated heterocycles. The molecule has 0 amide bonds. The Balaban J connectivity index is 2.06. The van der Waals surface area contributed by atoms with Crippen molar-refractivity contribution in [2.45, 2.75) is 6.61 Å². The number of halogens is 2. The van der Waals surface area contributed by atoms with Gasteiger partial charge in [-0.3, -0.25) is 0 Å². The van der Waals surface area contributed by atoms with Crippen LogP contribution in [0.15, 0.2) is 42.5 Å². The number of carbonyl (C=O) groups is 1. The molecule has 3 nitrogen and oxygen atoms in total. The van der Waals surface area contributed by atoms with Gasteiger partial charge in [-0.15, -0.1) is 0 Å². The van der Waals surface area contributed by atoms with Crippen LogP contribution in [-0.4, -0.2) is 20.1 Å². The molecule has 0 fully saturated rings. The third-order valence-corrected chi connectivity index (χ3v) is 3.56. The lowest BCUT2D eigenvalue weighted by Gasteiger charge is -2.13. The summed E-state index contributed by atoms with van der Waals surface area (Å²) in [6.07, 6.45) is 0. The molecule has 5 heteroatoms. The SMILES string of the molecule is CN(C)c1cccc(C(=O)OCc2ccc(Cl)cc2Cl)c1. The average molecular weight is 324 g/mol. The van der Waals surface area contributed by atoms with Crippen molar-refractivity contribution in [3.63, 3.8) is 0 Å². The van der Waals surface area contributed by atoms with E-state index in [1.54, 1.807) is 30.3 Å². The second-order valence-electron chi connectivity index (χ2n) is 4.76. The summed E-state index contributed by atoms with van der Waals surface area (Å²) in [6, 6.07) is 12.3. The summed E-state index contributed by atoms with van der Waals surface area (Å²) in [4.78, 5) is 14.0. The molecule has 21 heavy (non-hydrogen) atoms. The van der Waals surface area contributed by atoms with Gasteiger partial charge in [-0.25, -0.2) is 4.79 Å². The van der Waals surface area contributed by atoms with Gasteiger partial charge < -0.3 is 9.64 Å². The zero-order valence-electron chi connectivity index (χ0n) is 11.8. The number of ether oxygens (including phenoxy) is 1. The molecule has 2 aromatic rings. The van der Waals surface area contributed by atoms with Crippen molar-refractivity contribution < 1.29 is 9.53 Å². The second-order valence-corrected chi connectivity index (χ2v) is 5.60. The molecule has 0 aliphatic rings. The number of esters is 1. The van der Waals surface area contributed by atoms with Crippen LogP contribution >= 0.6 is 23.2 Å². The van der Waals surface area contributed by atoms with Gasteiger partial charge in [0.2, 0.25) is 0 Å². The van der Waals surface area contributed by atoms with Gasteiger partial charge in [0.05, 0.1) is 5.56 Å². The van der Waals surface area contributed by atoms with Crippen molar-refractivity contribution in [2.24, 2.45) is 0 Å². The van der Waals surface area contributed by atoms with Crippen LogP contribution in [0.3, 0.4) is 0 Å². The summed E-state index contributed by atoms with van der Waals surface area (Å²) in [7, 11) is 3.83. The van der Waals surface area contributed by atoms with Crippen LogP contribution < -0.4 is 4.90 Å². The lowest BCUT2D eigenvalue weighted by atomic mass is 10.2. The van der Waals surface area contributed by atoms with Gasteiger partial charge in [0.1, 0.15) is 6.61 Å². The van der Waals surface area contributed by atoms with E-state index >= 15 is 0 Å². The molecule has 0 aliphatic carbocycles. The summed E-state index contributed by atoms with van der Waals surface area (Å²) in [5.74, 6) is -0.385. The summed E-state index contributed by atoms with van der Waals surface area (Å²) < 4.78 is 5.28. The summed E-state index contributed by atoms with van der Waals surface area (Å²) in [6.45, 7) is 0.112. The van der Waals surface area contributed by atoms with Crippen LogP contribution in [0.25, 0.3) is 0 Å². The third kappa shape index (κ3) is 4.13. The number of anilines is 1. The molecule has 0 aliphatic heterocycles. The highest BCUT2D eigenvalue weighted by atomic mass is 35.5. The standard InChI is InChI=1S/C16H15Cl2NO2/c1-19(2)14-5-3-4-11(8-14)16(20)21-10-12-6-7-13(17)9-15(12)18/h3-9H,10H2,1-2H3. The molecule has 0 bridgehead atoms. The van der Waals surface area contributed by atoms with Crippen LogP contribution in [0.5, 0.6) is 0 Å². The molecular weight excluding hydrogens is 309 g/mol. The maximum Gasteiger partial charge on any atom is 0.338 e. The summed E-state index contributed by atoms with van der Waals surface area (Å²) >= 11 is 11.9. The van der Waals surface area contributed by atoms with E-state index < -0.39 is 0 Å². The summed E-state index contributed by atoms with van der Waals surface area (Å²) in [5.41, 5.74) is 2.17. The largest absolute Gasteiger partial charge is 0.457 e. The van der Waals surface area contributed by atoms with E-state index in [1.165, 1.54) is 0 Å². The zero-order valence-corrected chi connectivity index (χ0v) is 13.3. The first-order valence-corrected chi connectivity index (χ1v) is 7.11. The van der Waals surface area contributed by atoms with Crippen LogP contribution in [0, 0.1) is 0 Å². The fourth-order valence-corrected chi connectivity index (χ4v) is 2.24. The van der Waals surface area contributed by atoms with Crippen molar-refractivity contribution in [3.8, 4) is 0 Å². The highest BCUT2D eigenvalue weighted by molar-refractivity contribution is 6.35. The number of rotatable bonds is 4. The van der Waals surface area contributed by atoms with Crippen LogP contribution in [0.1, 0.15) is 15.9 Å². The normalized spacial score (nSPS) is 10.3. The van der Waals surface area contributed by atoms with Gasteiger partial charge in [-0.1, -0.05) is 35.3 Å². The molecule has 0 N–H and O–H groups in total. The first kappa shape index (κ1) is 15.7. The van der Waals surface area contributed by atoms with Gasteiger partial charge in [-0.05, 0) is 30.3 Å². The van der Waals surface area contributed by atoms with Crippen molar-refractivity contribution in [1.29, 1.82) is 0 Å². The Morgan fingerprint density at radius 3 is 2.57 bits per heavy atom. The number of benzene rings is 2. The van der Waals surface area contributed by atoms with E-state index in [0.717, 1.165) is 11.3 Å². The average Bonchev–Trinajstić information content (AvgIpc) is 2.46. The highest BCUT2D eigenvalue weighted by Crippen LogP contribution is 2.22. The fraction of sp³-hybridized carbons (Fsp3) is 0.188. The minimum Gasteiger partial charge on any atom is -0.457 e. The van der Waals surface area contributed by atoms with Crippen LogP contribution in [0.4, 0.5) is 5.69 Å². The molecule has 2 rings (SSSR count). The predicted molar refractivity (Wildman–Crippen MR) is 86.4 cm³/mol. The molecular formula is C16H15Cl2NO2. The lowest BCUT2D eigenvalue weighted by molar-refractivity contribution is 0.0473. The van der Waals surface area contributed by atoms with Crippen LogP contribution in [-0.2, 0) is 11.3 Å². The molecule has 110 valence electrons. The Morgan fingerprint density at radius 2 is 1.90 bits per heavy atom. The van der Waals surface area contributed by atoms with E-state index in [1.807, 2.05) is 31.1 Å². The number of carbonyl (C=O) groups excluding carboxylic acids is 1. The zero-order chi connectivity index (χ0) is 15.4. The van der Waals surface area contributed by atoms with Crippen molar-refractivity contribution in [2.75, 3.05) is 19.0 Å². The summed E-state index contributed by atoms with van der Waals surface area (Å²) in [5, 5.41) is 1.03. The van der Waals surface area contributed by atoms with E-state index in [-0.39, 0.29) is 12.6 Å². The van der Waals surface area contributed by atoms with E-state index in [9.17, 15) is 4.79 Å². The minimum atomic E-state index is -0.385. The van der Waals surface area contributed by atoms with E-state index in [0.29, 0.717) is 15.6 Å². The Bertz CT molecular complexity index is 656. The van der Waals surface area contributed by atoms with Crippen molar-refractivity contribution in [3.05, 3.63) is 63.6 Å². The molecule has 0 radical (unpaired) electrons. The molecule has 0 unspecified atom stereocenters. The molecule has 0 atom stereocenters. The van der Waals surface area contributed by atoms with Gasteiger partial charge in [0.25, 0.3) is 0 Å². The van der Waals surface area contributed by atoms with E-state index in [4.69, 9.17) is 27.9 Å². The number of hydrogen-bond acceptors (Lipinski definition) is 3. The number of nitrogens with zero attached hydrogens (tertiary/aromatic N) is 1. The first-order chi connectivity index (χ1) is 9.97. The Labute approximate surface area is 134 Å². The fourth-order valence-electron chi connectivity index (χ4n) is 1.78. The quantitative estimate of drug-likeness (QED) is 0.780. The molecule has 2 aromatic carbocycles. The van der Waals surface area contributed by atoms with E-state index in [2.05, 4.69) is 0 Å². The molecule has 0 spiro atoms. The second kappa shape index (κ2) is 6.83. The van der Waals surface area contributed by atoms with Crippen molar-refractivity contribution in [1.82, 2.24) is 0 Å². The Kier molecular flexibility index (Phi) is 5.10. The molecule has 0 heterocycles. The monoisotopic (exact) mass is 323 g/mol. The van der Waals surface area contributed by atoms with Gasteiger partial charge in [-0.2, -0.15) is 0 Å². The smallest absolute Gasteiger partial charge is 0.338 e. The number of hydrogen-bond donors (Lipinski definition) is 0. The topological polar surface area (TPSA) is 29.5 Å². The van der Waals surface area contributed by atoms with Gasteiger partial charge in [0.15, 0.2) is 0 Å². The van der Waals surface area contributed by atoms with Crippen molar-refractivity contribution >= 4 is 34.9 Å². The molecule has 0 saturated carbocycles. The predicted octanol–water partition coefficient (Wildman–Crippen LogP) is 4.42. The first-order valence-electron chi connectivity index (χ1n) is 6.36. The third-order valence-electron chi connectivity index (χ3n) is 2.97.